The molecular weight excluding hydrogens is 549 g/mol. The molecule has 1 aliphatic rings. The fourth-order valence-corrected chi connectivity index (χ4v) is 4.67. The zero-order valence-corrected chi connectivity index (χ0v) is 22.9. The highest BCUT2D eigenvalue weighted by Gasteiger charge is 2.31. The van der Waals surface area contributed by atoms with Gasteiger partial charge < -0.3 is 21.7 Å². The lowest BCUT2D eigenvalue weighted by atomic mass is 10.0. The molecule has 13 heteroatoms. The summed E-state index contributed by atoms with van der Waals surface area (Å²) in [5, 5.41) is 14.1. The Morgan fingerprint density at radius 2 is 1.90 bits per heavy atom. The Bertz CT molecular complexity index is 1660. The number of rotatable bonds is 3. The highest BCUT2D eigenvalue weighted by molar-refractivity contribution is 6.06. The molecule has 1 unspecified atom stereocenters. The predicted octanol–water partition coefficient (Wildman–Crippen LogP) is 4.25. The van der Waals surface area contributed by atoms with Gasteiger partial charge in [0.2, 0.25) is 5.91 Å². The number of pyridine rings is 2. The van der Waals surface area contributed by atoms with Crippen LogP contribution < -0.4 is 21.7 Å². The zero-order valence-electron chi connectivity index (χ0n) is 22.9. The molecule has 42 heavy (non-hydrogen) atoms. The topological polar surface area (TPSA) is 140 Å². The van der Waals surface area contributed by atoms with Gasteiger partial charge in [-0.25, -0.2) is 9.97 Å². The van der Waals surface area contributed by atoms with Gasteiger partial charge >= 0.3 is 6.18 Å². The summed E-state index contributed by atoms with van der Waals surface area (Å²) in [6, 6.07) is 7.63. The average Bonchev–Trinajstić information content (AvgIpc) is 3.35. The first kappa shape index (κ1) is 28.7. The van der Waals surface area contributed by atoms with Crippen molar-refractivity contribution in [3.8, 4) is 11.3 Å². The smallest absolute Gasteiger partial charge is 0.383 e. The van der Waals surface area contributed by atoms with Crippen molar-refractivity contribution in [3.63, 3.8) is 0 Å². The van der Waals surface area contributed by atoms with E-state index in [1.165, 1.54) is 0 Å². The van der Waals surface area contributed by atoms with Crippen LogP contribution in [-0.4, -0.2) is 50.2 Å². The third-order valence-corrected chi connectivity index (χ3v) is 6.97. The molecule has 3 aromatic heterocycles. The maximum atomic E-state index is 13.0. The van der Waals surface area contributed by atoms with E-state index in [-0.39, 0.29) is 29.4 Å². The van der Waals surface area contributed by atoms with E-state index in [1.807, 2.05) is 30.7 Å². The number of aryl methyl sites for hydroxylation is 1. The Balaban J connectivity index is 1.47. The number of alkyl halides is 3. The molecule has 0 fully saturated rings. The lowest BCUT2D eigenvalue weighted by molar-refractivity contribution is -0.137. The summed E-state index contributed by atoms with van der Waals surface area (Å²) in [6.45, 7) is 4.71. The van der Waals surface area contributed by atoms with Crippen LogP contribution in [0.4, 0.5) is 24.8 Å². The van der Waals surface area contributed by atoms with Gasteiger partial charge in [0, 0.05) is 48.2 Å². The summed E-state index contributed by atoms with van der Waals surface area (Å²) < 4.78 is 40.9. The van der Waals surface area contributed by atoms with E-state index in [1.54, 1.807) is 30.5 Å². The summed E-state index contributed by atoms with van der Waals surface area (Å²) >= 11 is 0. The van der Waals surface area contributed by atoms with E-state index in [0.717, 1.165) is 29.4 Å². The number of anilines is 2. The number of hydrogen-bond acceptors (Lipinski definition) is 7. The summed E-state index contributed by atoms with van der Waals surface area (Å²) in [6.07, 6.45) is 2.54. The first-order chi connectivity index (χ1) is 20.0. The predicted molar refractivity (Wildman–Crippen MR) is 153 cm³/mol. The highest BCUT2D eigenvalue weighted by Crippen LogP contribution is 2.34. The van der Waals surface area contributed by atoms with Crippen LogP contribution in [0, 0.1) is 0 Å². The third kappa shape index (κ3) is 6.10. The lowest BCUT2D eigenvalue weighted by Gasteiger charge is -2.18. The molecule has 4 aromatic rings. The van der Waals surface area contributed by atoms with Crippen LogP contribution in [0.3, 0.4) is 0 Å². The zero-order chi connectivity index (χ0) is 30.0. The minimum absolute atomic E-state index is 0.0853. The van der Waals surface area contributed by atoms with E-state index in [0.29, 0.717) is 42.0 Å². The Morgan fingerprint density at radius 1 is 1.14 bits per heavy atom. The quantitative estimate of drug-likeness (QED) is 0.285. The number of aromatic nitrogens is 4. The van der Waals surface area contributed by atoms with E-state index in [9.17, 15) is 22.8 Å². The minimum atomic E-state index is -4.56. The average molecular weight is 579 g/mol. The van der Waals surface area contributed by atoms with Crippen LogP contribution in [0.2, 0.25) is 0 Å². The van der Waals surface area contributed by atoms with Crippen LogP contribution in [0.5, 0.6) is 0 Å². The molecule has 10 nitrogen and oxygen atoms in total. The van der Waals surface area contributed by atoms with Crippen LogP contribution in [-0.2, 0) is 17.5 Å². The van der Waals surface area contributed by atoms with E-state index >= 15 is 0 Å². The Morgan fingerprint density at radius 3 is 2.64 bits per heavy atom. The summed E-state index contributed by atoms with van der Waals surface area (Å²) in [4.78, 5) is 33.4. The first-order valence-corrected chi connectivity index (χ1v) is 13.3. The van der Waals surface area contributed by atoms with E-state index < -0.39 is 17.6 Å². The molecule has 5 N–H and O–H groups in total. The van der Waals surface area contributed by atoms with Gasteiger partial charge in [-0.1, -0.05) is 24.3 Å². The second kappa shape index (κ2) is 11.6. The molecule has 2 atom stereocenters. The van der Waals surface area contributed by atoms with Gasteiger partial charge in [0.15, 0.2) is 0 Å². The van der Waals surface area contributed by atoms with Crippen molar-refractivity contribution >= 4 is 40.4 Å². The molecule has 0 saturated heterocycles. The molecule has 1 aromatic carbocycles. The molecule has 1 aliphatic heterocycles. The van der Waals surface area contributed by atoms with Crippen molar-refractivity contribution in [1.29, 1.82) is 0 Å². The van der Waals surface area contributed by atoms with Crippen molar-refractivity contribution in [1.82, 2.24) is 30.4 Å². The van der Waals surface area contributed by atoms with Crippen LogP contribution in [0.25, 0.3) is 28.2 Å². The number of amides is 2. The Kier molecular flexibility index (Phi) is 7.94. The van der Waals surface area contributed by atoms with Gasteiger partial charge in [0.1, 0.15) is 17.3 Å². The van der Waals surface area contributed by atoms with Gasteiger partial charge in [-0.3, -0.25) is 14.3 Å². The number of nitrogens with one attached hydrogen (secondary N) is 3. The van der Waals surface area contributed by atoms with Gasteiger partial charge in [-0.15, -0.1) is 0 Å². The van der Waals surface area contributed by atoms with Gasteiger partial charge in [-0.05, 0) is 44.5 Å². The number of nitrogens with zero attached hydrogens (tertiary/aromatic N) is 4. The number of carbonyl (C=O) groups excluding carboxylic acids is 2. The fourth-order valence-electron chi connectivity index (χ4n) is 4.67. The summed E-state index contributed by atoms with van der Waals surface area (Å²) in [5.74, 6) is -0.619. The fraction of sp³-hybridized carbons (Fsp3) is 0.276. The van der Waals surface area contributed by atoms with E-state index in [4.69, 9.17) is 10.8 Å². The maximum absolute atomic E-state index is 13.0. The first-order valence-electron chi connectivity index (χ1n) is 13.3. The number of hydrogen-bond donors (Lipinski definition) is 4. The molecule has 218 valence electrons. The van der Waals surface area contributed by atoms with Crippen LogP contribution >= 0.6 is 0 Å². The third-order valence-electron chi connectivity index (χ3n) is 6.97. The van der Waals surface area contributed by atoms with Crippen molar-refractivity contribution in [3.05, 3.63) is 71.6 Å². The van der Waals surface area contributed by atoms with Gasteiger partial charge in [0.25, 0.3) is 5.91 Å². The van der Waals surface area contributed by atoms with E-state index in [2.05, 4.69) is 25.9 Å². The summed E-state index contributed by atoms with van der Waals surface area (Å²) in [7, 11) is 0. The molecule has 0 saturated carbocycles. The monoisotopic (exact) mass is 578 g/mol. The molecule has 0 aliphatic carbocycles. The van der Waals surface area contributed by atoms with Crippen molar-refractivity contribution in [2.75, 3.05) is 17.6 Å². The number of halogens is 3. The molecule has 0 spiro atoms. The van der Waals surface area contributed by atoms with Gasteiger partial charge in [0.05, 0.1) is 22.5 Å². The number of nitrogen functional groups attached to an aromatic ring is 1. The highest BCUT2D eigenvalue weighted by atomic mass is 19.4. The molecule has 2 amide bonds. The normalized spacial score (nSPS) is 18.8. The molecule has 0 bridgehead atoms. The largest absolute Gasteiger partial charge is 0.416 e. The second-order valence-electron chi connectivity index (χ2n) is 10.1. The molecule has 5 rings (SSSR count). The SMILES string of the molecule is CC1NC/C=C/c2cnc(N)c3c(-c4ccc(C(=O)Nc5cc(C(F)(F)F)ccn5)cc4)nn(c23)CC[C@@H](C)NC1=O. The Labute approximate surface area is 239 Å². The van der Waals surface area contributed by atoms with Crippen LogP contribution in [0.1, 0.15) is 41.8 Å². The van der Waals surface area contributed by atoms with Crippen molar-refractivity contribution in [2.24, 2.45) is 0 Å². The molecule has 4 heterocycles. The van der Waals surface area contributed by atoms with Crippen molar-refractivity contribution in [2.45, 2.75) is 45.1 Å². The number of nitrogens with two attached hydrogens (primary N) is 1. The standard InChI is InChI=1S/C29H29F3N8O2/c1-16-10-13-40-25-20(4-3-11-34-17(2)27(41)37-16)15-36-26(33)23(25)24(39-40)18-5-7-19(8-6-18)28(42)38-22-14-21(9-12-35-22)29(30,31)32/h3-9,12,14-17,34H,10-11,13H2,1-2H3,(H2,33,36)(H,37,41)(H,35,38,42)/b4-3+/t16-,17?/m1/s1. The molecular formula is C29H29F3N8O2. The van der Waals surface area contributed by atoms with Gasteiger partial charge in [-0.2, -0.15) is 18.3 Å². The lowest BCUT2D eigenvalue weighted by Crippen LogP contribution is -2.45. The van der Waals surface area contributed by atoms with Crippen LogP contribution in [0.15, 0.2) is 54.9 Å². The second-order valence-corrected chi connectivity index (χ2v) is 10.1. The molecule has 0 radical (unpaired) electrons. The Hall–Kier alpha value is -4.78. The van der Waals surface area contributed by atoms with Crippen molar-refractivity contribution < 1.29 is 22.8 Å². The number of benzene rings is 1. The minimum Gasteiger partial charge on any atom is -0.383 e. The summed E-state index contributed by atoms with van der Waals surface area (Å²) in [5.41, 5.74) is 8.49. The number of carbonyl (C=O) groups is 2. The maximum Gasteiger partial charge on any atom is 0.416 e.